The molecular weight excluding hydrogens is 310 g/mol. The van der Waals surface area contributed by atoms with Gasteiger partial charge in [-0.1, -0.05) is 30.0 Å². The highest BCUT2D eigenvalue weighted by Crippen LogP contribution is 2.26. The van der Waals surface area contributed by atoms with E-state index < -0.39 is 11.3 Å². The van der Waals surface area contributed by atoms with Crippen molar-refractivity contribution < 1.29 is 9.59 Å². The lowest BCUT2D eigenvalue weighted by Gasteiger charge is -2.13. The molecule has 0 bridgehead atoms. The molecule has 1 aromatic heterocycles. The van der Waals surface area contributed by atoms with Crippen LogP contribution < -0.4 is 10.6 Å². The van der Waals surface area contributed by atoms with Gasteiger partial charge in [-0.15, -0.1) is 0 Å². The quantitative estimate of drug-likeness (QED) is 0.844. The standard InChI is InChI=1S/C17H21N3O2S/c1-10(2)18-17(22)20-16(21)12(4)23-15-9-11(3)13-7-5-6-8-14(13)19-15/h5-10,12H,1-4H3,(H2,18,20,21,22)/t12-/m1/s1. The molecule has 0 spiro atoms. The summed E-state index contributed by atoms with van der Waals surface area (Å²) in [5, 5.41) is 6.43. The van der Waals surface area contributed by atoms with Gasteiger partial charge in [0.15, 0.2) is 0 Å². The Labute approximate surface area is 140 Å². The van der Waals surface area contributed by atoms with Gasteiger partial charge in [0, 0.05) is 11.4 Å². The smallest absolute Gasteiger partial charge is 0.321 e. The van der Waals surface area contributed by atoms with Crippen molar-refractivity contribution in [1.29, 1.82) is 0 Å². The molecule has 0 aliphatic heterocycles. The number of hydrogen-bond acceptors (Lipinski definition) is 4. The predicted molar refractivity (Wildman–Crippen MR) is 93.6 cm³/mol. The van der Waals surface area contributed by atoms with Gasteiger partial charge in [0.25, 0.3) is 0 Å². The highest BCUT2D eigenvalue weighted by Gasteiger charge is 2.18. The molecule has 1 heterocycles. The van der Waals surface area contributed by atoms with Crippen molar-refractivity contribution in [3.63, 3.8) is 0 Å². The fraction of sp³-hybridized carbons (Fsp3) is 0.353. The number of para-hydroxylation sites is 1. The molecule has 6 heteroatoms. The van der Waals surface area contributed by atoms with Gasteiger partial charge in [-0.2, -0.15) is 0 Å². The molecule has 0 fully saturated rings. The Balaban J connectivity index is 2.06. The number of aromatic nitrogens is 1. The van der Waals surface area contributed by atoms with Gasteiger partial charge >= 0.3 is 6.03 Å². The molecule has 5 nitrogen and oxygen atoms in total. The van der Waals surface area contributed by atoms with Crippen LogP contribution in [0.5, 0.6) is 0 Å². The number of fused-ring (bicyclic) bond motifs is 1. The summed E-state index contributed by atoms with van der Waals surface area (Å²) in [5.41, 5.74) is 2.02. The van der Waals surface area contributed by atoms with Gasteiger partial charge < -0.3 is 5.32 Å². The van der Waals surface area contributed by atoms with E-state index in [4.69, 9.17) is 0 Å². The molecule has 2 rings (SSSR count). The zero-order valence-corrected chi connectivity index (χ0v) is 14.5. The molecule has 0 saturated heterocycles. The molecular formula is C17H21N3O2S. The van der Waals surface area contributed by atoms with E-state index in [1.54, 1.807) is 6.92 Å². The third-order valence-electron chi connectivity index (χ3n) is 3.22. The van der Waals surface area contributed by atoms with E-state index in [9.17, 15) is 9.59 Å². The molecule has 2 N–H and O–H groups in total. The number of nitrogens with zero attached hydrogens (tertiary/aromatic N) is 1. The average Bonchev–Trinajstić information content (AvgIpc) is 2.46. The van der Waals surface area contributed by atoms with Crippen LogP contribution in [0, 0.1) is 6.92 Å². The van der Waals surface area contributed by atoms with Gasteiger partial charge in [-0.25, -0.2) is 9.78 Å². The Bertz CT molecular complexity index is 731. The largest absolute Gasteiger partial charge is 0.336 e. The minimum Gasteiger partial charge on any atom is -0.336 e. The Morgan fingerprint density at radius 2 is 1.87 bits per heavy atom. The average molecular weight is 331 g/mol. The summed E-state index contributed by atoms with van der Waals surface area (Å²) in [5.74, 6) is -0.333. The highest BCUT2D eigenvalue weighted by atomic mass is 32.2. The molecule has 0 unspecified atom stereocenters. The van der Waals surface area contributed by atoms with E-state index in [-0.39, 0.29) is 11.9 Å². The number of amides is 3. The maximum atomic E-state index is 12.1. The van der Waals surface area contributed by atoms with Crippen LogP contribution in [-0.4, -0.2) is 28.2 Å². The molecule has 0 radical (unpaired) electrons. The summed E-state index contributed by atoms with van der Waals surface area (Å²) in [6, 6.07) is 9.37. The lowest BCUT2D eigenvalue weighted by atomic mass is 10.1. The van der Waals surface area contributed by atoms with Crippen LogP contribution in [0.2, 0.25) is 0 Å². The zero-order valence-electron chi connectivity index (χ0n) is 13.7. The lowest BCUT2D eigenvalue weighted by Crippen LogP contribution is -2.45. The summed E-state index contributed by atoms with van der Waals surface area (Å²) in [7, 11) is 0. The second-order valence-electron chi connectivity index (χ2n) is 5.67. The predicted octanol–water partition coefficient (Wildman–Crippen LogP) is 3.26. The van der Waals surface area contributed by atoms with Crippen LogP contribution in [0.1, 0.15) is 26.3 Å². The molecule has 0 saturated carbocycles. The third kappa shape index (κ3) is 4.69. The Morgan fingerprint density at radius 3 is 2.57 bits per heavy atom. The van der Waals surface area contributed by atoms with E-state index in [1.807, 2.05) is 51.1 Å². The Hall–Kier alpha value is -2.08. The Kier molecular flexibility index (Phi) is 5.60. The second kappa shape index (κ2) is 7.46. The van der Waals surface area contributed by atoms with Crippen LogP contribution in [0.15, 0.2) is 35.4 Å². The molecule has 0 aliphatic rings. The monoisotopic (exact) mass is 331 g/mol. The summed E-state index contributed by atoms with van der Waals surface area (Å²) < 4.78 is 0. The Morgan fingerprint density at radius 1 is 1.17 bits per heavy atom. The first-order valence-electron chi connectivity index (χ1n) is 7.51. The number of aryl methyl sites for hydroxylation is 1. The number of pyridine rings is 1. The first-order chi connectivity index (χ1) is 10.9. The van der Waals surface area contributed by atoms with Crippen LogP contribution >= 0.6 is 11.8 Å². The number of carbonyl (C=O) groups is 2. The maximum absolute atomic E-state index is 12.1. The first kappa shape index (κ1) is 17.3. The lowest BCUT2D eigenvalue weighted by molar-refractivity contribution is -0.119. The zero-order chi connectivity index (χ0) is 17.0. The van der Waals surface area contributed by atoms with Crippen LogP contribution in [0.3, 0.4) is 0 Å². The second-order valence-corrected chi connectivity index (χ2v) is 7.03. The van der Waals surface area contributed by atoms with E-state index in [1.165, 1.54) is 11.8 Å². The molecule has 0 aliphatic carbocycles. The number of benzene rings is 1. The topological polar surface area (TPSA) is 71.1 Å². The number of nitrogens with one attached hydrogen (secondary N) is 2. The van der Waals surface area contributed by atoms with Crippen molar-refractivity contribution in [3.8, 4) is 0 Å². The van der Waals surface area contributed by atoms with Crippen molar-refractivity contribution in [2.24, 2.45) is 0 Å². The van der Waals surface area contributed by atoms with Crippen molar-refractivity contribution >= 4 is 34.6 Å². The van der Waals surface area contributed by atoms with Crippen molar-refractivity contribution in [2.45, 2.75) is 44.0 Å². The molecule has 23 heavy (non-hydrogen) atoms. The van der Waals surface area contributed by atoms with E-state index in [2.05, 4.69) is 15.6 Å². The number of carbonyl (C=O) groups excluding carboxylic acids is 2. The minimum absolute atomic E-state index is 0.0180. The van der Waals surface area contributed by atoms with E-state index >= 15 is 0 Å². The third-order valence-corrected chi connectivity index (χ3v) is 4.24. The first-order valence-corrected chi connectivity index (χ1v) is 8.39. The number of hydrogen-bond donors (Lipinski definition) is 2. The molecule has 122 valence electrons. The van der Waals surface area contributed by atoms with E-state index in [0.717, 1.165) is 21.5 Å². The fourth-order valence-corrected chi connectivity index (χ4v) is 3.05. The van der Waals surface area contributed by atoms with Crippen LogP contribution in [0.25, 0.3) is 10.9 Å². The van der Waals surface area contributed by atoms with Crippen molar-refractivity contribution in [3.05, 3.63) is 35.9 Å². The molecule has 1 atom stereocenters. The number of thioether (sulfide) groups is 1. The summed E-state index contributed by atoms with van der Waals surface area (Å²) >= 11 is 1.34. The SMILES string of the molecule is Cc1cc(S[C@H](C)C(=O)NC(=O)NC(C)C)nc2ccccc12. The summed E-state index contributed by atoms with van der Waals surface area (Å²) in [4.78, 5) is 28.2. The van der Waals surface area contributed by atoms with Crippen LogP contribution in [-0.2, 0) is 4.79 Å². The maximum Gasteiger partial charge on any atom is 0.321 e. The summed E-state index contributed by atoms with van der Waals surface area (Å²) in [6.45, 7) is 7.46. The highest BCUT2D eigenvalue weighted by molar-refractivity contribution is 8.00. The molecule has 3 amide bonds. The van der Waals surface area contributed by atoms with Gasteiger partial charge in [0.1, 0.15) is 0 Å². The van der Waals surface area contributed by atoms with Gasteiger partial charge in [-0.3, -0.25) is 10.1 Å². The van der Waals surface area contributed by atoms with Crippen molar-refractivity contribution in [1.82, 2.24) is 15.6 Å². The van der Waals surface area contributed by atoms with Crippen molar-refractivity contribution in [2.75, 3.05) is 0 Å². The van der Waals surface area contributed by atoms with Crippen LogP contribution in [0.4, 0.5) is 4.79 Å². The summed E-state index contributed by atoms with van der Waals surface area (Å²) in [6.07, 6.45) is 0. The normalized spacial score (nSPS) is 12.2. The number of imide groups is 1. The van der Waals surface area contributed by atoms with Gasteiger partial charge in [0.05, 0.1) is 15.8 Å². The molecule has 2 aromatic rings. The number of rotatable bonds is 4. The number of urea groups is 1. The van der Waals surface area contributed by atoms with Gasteiger partial charge in [-0.05, 0) is 45.4 Å². The molecule has 1 aromatic carbocycles. The minimum atomic E-state index is -0.472. The fourth-order valence-electron chi connectivity index (χ4n) is 2.13. The van der Waals surface area contributed by atoms with E-state index in [0.29, 0.717) is 0 Å². The van der Waals surface area contributed by atoms with Gasteiger partial charge in [0.2, 0.25) is 5.91 Å².